The average Bonchev–Trinajstić information content (AvgIpc) is 3.71. The third kappa shape index (κ3) is 7.92. The number of imidazole rings is 1. The first-order chi connectivity index (χ1) is 23.7. The van der Waals surface area contributed by atoms with Crippen LogP contribution in [0.1, 0.15) is 72.4 Å². The third-order valence-electron chi connectivity index (χ3n) is 8.18. The molecule has 1 saturated heterocycles. The van der Waals surface area contributed by atoms with Gasteiger partial charge in [-0.3, -0.25) is 13.9 Å². The molecule has 0 radical (unpaired) electrons. The van der Waals surface area contributed by atoms with Crippen LogP contribution in [-0.4, -0.2) is 54.8 Å². The van der Waals surface area contributed by atoms with E-state index in [4.69, 9.17) is 4.74 Å². The van der Waals surface area contributed by atoms with Crippen LogP contribution in [0.4, 0.5) is 35.0 Å². The van der Waals surface area contributed by atoms with Crippen LogP contribution < -0.4 is 10.6 Å². The summed E-state index contributed by atoms with van der Waals surface area (Å²) in [5.41, 5.74) is 3.17. The molecule has 0 saturated carbocycles. The Morgan fingerprint density at radius 2 is 1.74 bits per heavy atom. The van der Waals surface area contributed by atoms with E-state index >= 15 is 0 Å². The number of benzene rings is 2. The highest BCUT2D eigenvalue weighted by atomic mass is 19.4. The molecule has 6 rings (SSSR count). The summed E-state index contributed by atoms with van der Waals surface area (Å²) in [4.78, 5) is 31.7. The zero-order valence-electron chi connectivity index (χ0n) is 28.0. The van der Waals surface area contributed by atoms with Crippen molar-refractivity contribution in [2.75, 3.05) is 23.7 Å². The second-order valence-electron chi connectivity index (χ2n) is 13.1. The van der Waals surface area contributed by atoms with Crippen LogP contribution in [0.2, 0.25) is 0 Å². The monoisotopic (exact) mass is 683 g/mol. The summed E-state index contributed by atoms with van der Waals surface area (Å²) in [7, 11) is 0. The highest BCUT2D eigenvalue weighted by Crippen LogP contribution is 2.31. The molecule has 2 N–H and O–H groups in total. The molecule has 0 aliphatic carbocycles. The zero-order chi connectivity index (χ0) is 35.6. The van der Waals surface area contributed by atoms with E-state index in [9.17, 15) is 22.8 Å². The second kappa shape index (κ2) is 13.6. The number of halogens is 3. The van der Waals surface area contributed by atoms with Crippen molar-refractivity contribution in [2.24, 2.45) is 0 Å². The lowest BCUT2D eigenvalue weighted by molar-refractivity contribution is -0.137. The number of ether oxygens (including phenoxy) is 1. The predicted molar refractivity (Wildman–Crippen MR) is 183 cm³/mol. The second-order valence-corrected chi connectivity index (χ2v) is 13.1. The summed E-state index contributed by atoms with van der Waals surface area (Å²) < 4.78 is 48.6. The van der Waals surface area contributed by atoms with E-state index in [-0.39, 0.29) is 23.4 Å². The SMILES string of the molecule is Cc1ccc(C(=O)Nc2cccc(C(F)(F)F)c2)cc1C#Cc1cnc2c(Nc3cnn(C4CCN(C(=O)OC(C)(C)C)CC4)c3)cccn12. The van der Waals surface area contributed by atoms with Crippen LogP contribution in [-0.2, 0) is 10.9 Å². The molecule has 5 aromatic rings. The van der Waals surface area contributed by atoms with Gasteiger partial charge in [-0.1, -0.05) is 18.1 Å². The number of hydrogen-bond acceptors (Lipinski definition) is 6. The maximum Gasteiger partial charge on any atom is 0.416 e. The minimum atomic E-state index is -4.52. The van der Waals surface area contributed by atoms with E-state index < -0.39 is 23.2 Å². The van der Waals surface area contributed by atoms with Gasteiger partial charge >= 0.3 is 12.3 Å². The van der Waals surface area contributed by atoms with E-state index in [1.807, 2.05) is 61.3 Å². The Bertz CT molecular complexity index is 2110. The summed E-state index contributed by atoms with van der Waals surface area (Å²) in [6.45, 7) is 8.62. The molecule has 10 nitrogen and oxygen atoms in total. The van der Waals surface area contributed by atoms with Gasteiger partial charge in [0.2, 0.25) is 0 Å². The van der Waals surface area contributed by atoms with Gasteiger partial charge in [-0.05, 0) is 94.5 Å². The molecule has 0 unspecified atom stereocenters. The Balaban J connectivity index is 1.13. The Morgan fingerprint density at radius 3 is 2.48 bits per heavy atom. The standard InChI is InChI=1S/C37H36F3N7O3/c1-24-10-11-26(34(48)44-28-8-5-7-27(20-28)37(38,39)40)19-25(24)12-13-31-22-41-33-32(9-6-16-46(31)33)43-29-21-42-47(23-29)30-14-17-45(18-15-30)35(49)50-36(2,3)4/h5-11,16,19-23,30,43H,14-15,17-18H2,1-4H3,(H,44,48). The Hall–Kier alpha value is -5.77. The largest absolute Gasteiger partial charge is 0.444 e. The quantitative estimate of drug-likeness (QED) is 0.183. The van der Waals surface area contributed by atoms with Crippen LogP contribution in [0.5, 0.6) is 0 Å². The van der Waals surface area contributed by atoms with Gasteiger partial charge in [-0.25, -0.2) is 9.78 Å². The molecule has 0 spiro atoms. The summed E-state index contributed by atoms with van der Waals surface area (Å²) in [6, 6.07) is 13.4. The van der Waals surface area contributed by atoms with Crippen molar-refractivity contribution in [1.29, 1.82) is 0 Å². The van der Waals surface area contributed by atoms with E-state index in [1.54, 1.807) is 35.5 Å². The van der Waals surface area contributed by atoms with Gasteiger partial charge in [-0.2, -0.15) is 18.3 Å². The summed E-state index contributed by atoms with van der Waals surface area (Å²) >= 11 is 0. The minimum Gasteiger partial charge on any atom is -0.444 e. The molecule has 2 aromatic carbocycles. The van der Waals surface area contributed by atoms with Crippen molar-refractivity contribution in [3.8, 4) is 11.8 Å². The molecule has 1 aliphatic rings. The first-order valence-corrected chi connectivity index (χ1v) is 16.1. The Kier molecular flexibility index (Phi) is 9.29. The maximum absolute atomic E-state index is 13.1. The van der Waals surface area contributed by atoms with Gasteiger partial charge in [-0.15, -0.1) is 0 Å². The summed E-state index contributed by atoms with van der Waals surface area (Å²) in [5.74, 6) is 5.71. The molecular formula is C37H36F3N7O3. The number of aryl methyl sites for hydroxylation is 1. The Morgan fingerprint density at radius 1 is 0.960 bits per heavy atom. The van der Waals surface area contributed by atoms with Gasteiger partial charge in [0, 0.05) is 42.3 Å². The molecule has 258 valence electrons. The number of alkyl halides is 3. The van der Waals surface area contributed by atoms with Crippen LogP contribution in [0.3, 0.4) is 0 Å². The molecule has 13 heteroatoms. The number of carbonyl (C=O) groups excluding carboxylic acids is 2. The van der Waals surface area contributed by atoms with E-state index in [0.29, 0.717) is 30.0 Å². The number of nitrogens with zero attached hydrogens (tertiary/aromatic N) is 5. The van der Waals surface area contributed by atoms with Crippen LogP contribution in [0.25, 0.3) is 5.65 Å². The predicted octanol–water partition coefficient (Wildman–Crippen LogP) is 7.83. The van der Waals surface area contributed by atoms with Gasteiger partial charge in [0.1, 0.15) is 11.3 Å². The van der Waals surface area contributed by atoms with Crippen molar-refractivity contribution in [2.45, 2.75) is 58.4 Å². The number of nitrogens with one attached hydrogen (secondary N) is 2. The minimum absolute atomic E-state index is 0.0427. The third-order valence-corrected chi connectivity index (χ3v) is 8.18. The molecule has 0 atom stereocenters. The molecule has 1 fully saturated rings. The summed E-state index contributed by atoms with van der Waals surface area (Å²) in [5, 5.41) is 10.5. The summed E-state index contributed by atoms with van der Waals surface area (Å²) in [6.07, 6.45) is 3.93. The number of carbonyl (C=O) groups is 2. The normalized spacial score (nSPS) is 13.9. The van der Waals surface area contributed by atoms with E-state index in [0.717, 1.165) is 41.9 Å². The first-order valence-electron chi connectivity index (χ1n) is 16.1. The molecule has 4 heterocycles. The van der Waals surface area contributed by atoms with Gasteiger partial charge in [0.15, 0.2) is 5.65 Å². The Labute approximate surface area is 287 Å². The molecule has 50 heavy (non-hydrogen) atoms. The van der Waals surface area contributed by atoms with Crippen molar-refractivity contribution in [3.63, 3.8) is 0 Å². The van der Waals surface area contributed by atoms with Crippen LogP contribution >= 0.6 is 0 Å². The van der Waals surface area contributed by atoms with Crippen molar-refractivity contribution in [3.05, 3.63) is 107 Å². The first kappa shape index (κ1) is 34.1. The fourth-order valence-corrected chi connectivity index (χ4v) is 5.60. The molecular weight excluding hydrogens is 647 g/mol. The fourth-order valence-electron chi connectivity index (χ4n) is 5.60. The molecule has 0 bridgehead atoms. The molecule has 2 amide bonds. The maximum atomic E-state index is 13.1. The lowest BCUT2D eigenvalue weighted by atomic mass is 10.0. The molecule has 1 aliphatic heterocycles. The van der Waals surface area contributed by atoms with Crippen molar-refractivity contribution in [1.82, 2.24) is 24.1 Å². The molecule has 3 aromatic heterocycles. The highest BCUT2D eigenvalue weighted by molar-refractivity contribution is 6.04. The number of likely N-dealkylation sites (tertiary alicyclic amines) is 1. The highest BCUT2D eigenvalue weighted by Gasteiger charge is 2.31. The fraction of sp³-hybridized carbons (Fsp3) is 0.297. The zero-order valence-corrected chi connectivity index (χ0v) is 28.0. The van der Waals surface area contributed by atoms with Crippen LogP contribution in [0.15, 0.2) is 79.4 Å². The topological polar surface area (TPSA) is 106 Å². The van der Waals surface area contributed by atoms with Crippen molar-refractivity contribution >= 4 is 34.7 Å². The number of fused-ring (bicyclic) bond motifs is 1. The lowest BCUT2D eigenvalue weighted by Gasteiger charge is -2.33. The lowest BCUT2D eigenvalue weighted by Crippen LogP contribution is -2.42. The average molecular weight is 684 g/mol. The van der Waals surface area contributed by atoms with Gasteiger partial charge in [0.05, 0.1) is 35.4 Å². The van der Waals surface area contributed by atoms with Gasteiger partial charge < -0.3 is 20.3 Å². The van der Waals surface area contributed by atoms with Crippen LogP contribution in [0, 0.1) is 18.8 Å². The number of rotatable bonds is 5. The van der Waals surface area contributed by atoms with E-state index in [1.165, 1.54) is 12.1 Å². The number of anilines is 3. The number of hydrogen-bond donors (Lipinski definition) is 2. The number of piperidine rings is 1. The number of amides is 2. The number of pyridine rings is 1. The smallest absolute Gasteiger partial charge is 0.416 e. The van der Waals surface area contributed by atoms with Gasteiger partial charge in [0.25, 0.3) is 5.91 Å². The van der Waals surface area contributed by atoms with Crippen molar-refractivity contribution < 1.29 is 27.5 Å². The number of aromatic nitrogens is 4. The van der Waals surface area contributed by atoms with E-state index in [2.05, 4.69) is 32.6 Å².